The predicted octanol–water partition coefficient (Wildman–Crippen LogP) is -1.68. The van der Waals surface area contributed by atoms with Crippen LogP contribution in [0.1, 0.15) is 20.3 Å². The van der Waals surface area contributed by atoms with Gasteiger partial charge in [0.1, 0.15) is 5.84 Å². The second-order valence-electron chi connectivity index (χ2n) is 1.83. The zero-order chi connectivity index (χ0) is 6.57. The van der Waals surface area contributed by atoms with E-state index in [0.29, 0.717) is 5.84 Å². The van der Waals surface area contributed by atoms with Crippen molar-refractivity contribution < 1.29 is 27.1 Å². The molecule has 7 nitrogen and oxygen atoms in total. The van der Waals surface area contributed by atoms with E-state index in [-0.39, 0.29) is 52.6 Å². The van der Waals surface area contributed by atoms with Crippen LogP contribution in [0, 0.1) is 5.92 Å². The van der Waals surface area contributed by atoms with Crippen LogP contribution in [0.25, 0.3) is 0 Å². The fraction of sp³-hybridized carbons (Fsp3) is 0.800. The first kappa shape index (κ1) is 49.3. The molecule has 11 N–H and O–H groups in total. The van der Waals surface area contributed by atoms with Crippen molar-refractivity contribution >= 4 is 30.6 Å². The molecule has 0 fully saturated rings. The van der Waals surface area contributed by atoms with Crippen molar-refractivity contribution in [3.8, 4) is 0 Å². The second kappa shape index (κ2) is 29.3. The Morgan fingerprint density at radius 2 is 1.50 bits per heavy atom. The maximum absolute atomic E-state index is 8.10. The van der Waals surface area contributed by atoms with Gasteiger partial charge in [-0.1, -0.05) is 19.0 Å². The molecule has 0 rings (SSSR count). The van der Waals surface area contributed by atoms with Gasteiger partial charge in [0.2, 0.25) is 0 Å². The monoisotopic (exact) mass is 260 g/mol. The van der Waals surface area contributed by atoms with Gasteiger partial charge in [-0.25, -0.2) is 0 Å². The van der Waals surface area contributed by atoms with Gasteiger partial charge in [-0.2, -0.15) is 0 Å². The summed E-state index contributed by atoms with van der Waals surface area (Å²) in [5.74, 6) is 0.507. The van der Waals surface area contributed by atoms with Crippen LogP contribution in [0.5, 0.6) is 0 Å². The molecule has 1 atom stereocenters. The summed E-state index contributed by atoms with van der Waals surface area (Å²) in [4.78, 5) is 0. The summed E-state index contributed by atoms with van der Waals surface area (Å²) in [5.41, 5.74) is 5.23. The zero-order valence-electron chi connectivity index (χ0n) is 8.07. The number of oxime groups is 1. The Hall–Kier alpha value is -0.310. The number of halogens is 2. The summed E-state index contributed by atoms with van der Waals surface area (Å²) >= 11 is 0. The quantitative estimate of drug-likeness (QED) is 0.260. The van der Waals surface area contributed by atoms with Gasteiger partial charge in [0.15, 0.2) is 0 Å². The third kappa shape index (κ3) is 22.6. The van der Waals surface area contributed by atoms with E-state index < -0.39 is 0 Å². The number of hydrogen-bond acceptors (Lipinski definition) is 2. The van der Waals surface area contributed by atoms with Crippen LogP contribution < -0.4 is 5.73 Å². The third-order valence-corrected chi connectivity index (χ3v) is 1.23. The summed E-state index contributed by atoms with van der Waals surface area (Å²) in [6.45, 7) is 3.90. The van der Waals surface area contributed by atoms with Crippen LogP contribution in [-0.2, 0) is 0 Å². The number of nitrogens with two attached hydrogens (primary N) is 1. The van der Waals surface area contributed by atoms with E-state index in [1.165, 1.54) is 0 Å². The van der Waals surface area contributed by atoms with Gasteiger partial charge in [-0.3, -0.25) is 0 Å². The Balaban J connectivity index is -0.0000000163. The highest BCUT2D eigenvalue weighted by molar-refractivity contribution is 5.85. The SMILES string of the molecule is CCC(C)C(N)=NO.Cl.Cl.O.O.O.O. The van der Waals surface area contributed by atoms with Crippen LogP contribution in [0.15, 0.2) is 5.16 Å². The summed E-state index contributed by atoms with van der Waals surface area (Å²) in [5, 5.41) is 11.0. The van der Waals surface area contributed by atoms with Crippen LogP contribution in [0.2, 0.25) is 0 Å². The van der Waals surface area contributed by atoms with Crippen molar-refractivity contribution in [1.29, 1.82) is 0 Å². The lowest BCUT2D eigenvalue weighted by Crippen LogP contribution is -2.20. The van der Waals surface area contributed by atoms with Crippen molar-refractivity contribution in [2.24, 2.45) is 16.8 Å². The molecule has 96 valence electrons. The number of rotatable bonds is 2. The van der Waals surface area contributed by atoms with Crippen LogP contribution in [0.3, 0.4) is 0 Å². The molecule has 0 bridgehead atoms. The minimum Gasteiger partial charge on any atom is -0.412 e. The highest BCUT2D eigenvalue weighted by Crippen LogP contribution is 1.98. The third-order valence-electron chi connectivity index (χ3n) is 1.23. The van der Waals surface area contributed by atoms with Gasteiger partial charge in [0.05, 0.1) is 0 Å². The molecule has 0 aliphatic carbocycles. The molecule has 0 amide bonds. The largest absolute Gasteiger partial charge is 0.412 e. The van der Waals surface area contributed by atoms with E-state index in [1.54, 1.807) is 0 Å². The number of amidine groups is 1. The Kier molecular flexibility index (Phi) is 103. The number of nitrogens with zero attached hydrogens (tertiary/aromatic N) is 1. The molecule has 0 aliphatic rings. The summed E-state index contributed by atoms with van der Waals surface area (Å²) in [7, 11) is 0. The van der Waals surface area contributed by atoms with Crippen molar-refractivity contribution in [1.82, 2.24) is 0 Å². The topological polar surface area (TPSA) is 185 Å². The minimum atomic E-state index is 0. The average molecular weight is 261 g/mol. The molecule has 0 radical (unpaired) electrons. The van der Waals surface area contributed by atoms with Crippen molar-refractivity contribution in [2.45, 2.75) is 20.3 Å². The van der Waals surface area contributed by atoms with E-state index in [2.05, 4.69) is 5.16 Å². The van der Waals surface area contributed by atoms with Crippen molar-refractivity contribution in [3.63, 3.8) is 0 Å². The van der Waals surface area contributed by atoms with E-state index in [9.17, 15) is 0 Å². The molecule has 0 saturated heterocycles. The lowest BCUT2D eigenvalue weighted by molar-refractivity contribution is 0.314. The Bertz CT molecular complexity index is 106. The van der Waals surface area contributed by atoms with Crippen molar-refractivity contribution in [3.05, 3.63) is 0 Å². The maximum Gasteiger partial charge on any atom is 0.141 e. The molecule has 0 aliphatic heterocycles. The highest BCUT2D eigenvalue weighted by Gasteiger charge is 2.01. The molecular weight excluding hydrogens is 239 g/mol. The molecular formula is C5H22Cl2N2O5. The molecule has 0 aromatic carbocycles. The lowest BCUT2D eigenvalue weighted by Gasteiger charge is -2.02. The Morgan fingerprint density at radius 3 is 1.57 bits per heavy atom. The molecule has 9 heteroatoms. The van der Waals surface area contributed by atoms with E-state index >= 15 is 0 Å². The smallest absolute Gasteiger partial charge is 0.141 e. The molecule has 0 spiro atoms. The van der Waals surface area contributed by atoms with Crippen molar-refractivity contribution in [2.75, 3.05) is 0 Å². The summed E-state index contributed by atoms with van der Waals surface area (Å²) in [6, 6.07) is 0. The van der Waals surface area contributed by atoms with Gasteiger partial charge >= 0.3 is 0 Å². The van der Waals surface area contributed by atoms with Crippen LogP contribution in [0.4, 0.5) is 0 Å². The summed E-state index contributed by atoms with van der Waals surface area (Å²) in [6.07, 6.45) is 0.913. The van der Waals surface area contributed by atoms with Crippen LogP contribution >= 0.6 is 24.8 Å². The first-order chi connectivity index (χ1) is 3.72. The maximum atomic E-state index is 8.10. The molecule has 0 aromatic rings. The van der Waals surface area contributed by atoms with Gasteiger partial charge in [0.25, 0.3) is 0 Å². The highest BCUT2D eigenvalue weighted by atomic mass is 35.5. The van der Waals surface area contributed by atoms with Gasteiger partial charge in [0, 0.05) is 5.92 Å². The average Bonchev–Trinajstić information content (AvgIpc) is 1.84. The fourth-order valence-corrected chi connectivity index (χ4v) is 0.308. The van der Waals surface area contributed by atoms with Gasteiger partial charge < -0.3 is 32.8 Å². The molecule has 1 unspecified atom stereocenters. The van der Waals surface area contributed by atoms with E-state index in [1.807, 2.05) is 13.8 Å². The zero-order valence-corrected chi connectivity index (χ0v) is 9.71. The molecule has 0 saturated carbocycles. The van der Waals surface area contributed by atoms with E-state index in [4.69, 9.17) is 10.9 Å². The molecule has 14 heavy (non-hydrogen) atoms. The summed E-state index contributed by atoms with van der Waals surface area (Å²) < 4.78 is 0. The van der Waals surface area contributed by atoms with Gasteiger partial charge in [-0.15, -0.1) is 24.8 Å². The Labute approximate surface area is 95.4 Å². The first-order valence-corrected chi connectivity index (χ1v) is 2.69. The predicted molar refractivity (Wildman–Crippen MR) is 61.8 cm³/mol. The normalized spacial score (nSPS) is 9.14. The number of hydrogen-bond donors (Lipinski definition) is 2. The second-order valence-corrected chi connectivity index (χ2v) is 1.83. The van der Waals surface area contributed by atoms with E-state index in [0.717, 1.165) is 6.42 Å². The Morgan fingerprint density at radius 1 is 1.21 bits per heavy atom. The minimum absolute atomic E-state index is 0. The standard InChI is InChI=1S/C5H12N2O.2ClH.4H2O/c1-3-4(2)5(6)7-8;;;;;;/h4,8H,3H2,1-2H3,(H2,6,7);2*1H;4*1H2. The molecule has 0 heterocycles. The fourth-order valence-electron chi connectivity index (χ4n) is 0.308. The first-order valence-electron chi connectivity index (χ1n) is 2.69. The molecule has 0 aromatic heterocycles. The van der Waals surface area contributed by atoms with Gasteiger partial charge in [-0.05, 0) is 6.42 Å². The lowest BCUT2D eigenvalue weighted by atomic mass is 10.1. The van der Waals surface area contributed by atoms with Crippen LogP contribution in [-0.4, -0.2) is 32.9 Å².